The molecule has 0 amide bonds. The van der Waals surface area contributed by atoms with Crippen LogP contribution in [0.4, 0.5) is 0 Å². The van der Waals surface area contributed by atoms with Gasteiger partial charge in [-0.15, -0.1) is 0 Å². The van der Waals surface area contributed by atoms with Crippen LogP contribution in [0.2, 0.25) is 0 Å². The minimum atomic E-state index is -0.617. The summed E-state index contributed by atoms with van der Waals surface area (Å²) in [4.78, 5) is 0. The fraction of sp³-hybridized carbons (Fsp3) is 0.250. The van der Waals surface area contributed by atoms with E-state index in [-0.39, 0.29) is 6.61 Å². The van der Waals surface area contributed by atoms with Gasteiger partial charge in [0.05, 0.1) is 6.10 Å². The molecule has 3 heteroatoms. The Labute approximate surface area is 113 Å². The van der Waals surface area contributed by atoms with Crippen molar-refractivity contribution in [2.45, 2.75) is 19.1 Å². The number of benzene rings is 2. The van der Waals surface area contributed by atoms with Crippen molar-refractivity contribution in [2.24, 2.45) is 0 Å². The summed E-state index contributed by atoms with van der Waals surface area (Å²) in [5.41, 5.74) is 1.91. The largest absolute Gasteiger partial charge is 0.489 e. The molecule has 2 aromatic carbocycles. The van der Waals surface area contributed by atoms with E-state index in [1.807, 2.05) is 54.6 Å². The van der Waals surface area contributed by atoms with Crippen LogP contribution >= 0.6 is 0 Å². The van der Waals surface area contributed by atoms with Gasteiger partial charge in [0.15, 0.2) is 0 Å². The van der Waals surface area contributed by atoms with Crippen LogP contribution in [-0.2, 0) is 6.61 Å². The molecule has 0 radical (unpaired) electrons. The second-order valence-corrected chi connectivity index (χ2v) is 4.37. The van der Waals surface area contributed by atoms with E-state index in [0.29, 0.717) is 13.0 Å². The Morgan fingerprint density at radius 2 is 1.63 bits per heavy atom. The van der Waals surface area contributed by atoms with Crippen molar-refractivity contribution in [1.82, 2.24) is 0 Å². The molecule has 0 saturated carbocycles. The highest BCUT2D eigenvalue weighted by atomic mass is 16.5. The average molecular weight is 258 g/mol. The summed E-state index contributed by atoms with van der Waals surface area (Å²) in [6.07, 6.45) is -0.266. The summed E-state index contributed by atoms with van der Waals surface area (Å²) in [5.74, 6) is 0.767. The van der Waals surface area contributed by atoms with E-state index in [2.05, 4.69) is 0 Å². The Morgan fingerprint density at radius 3 is 2.26 bits per heavy atom. The number of hydrogen-bond acceptors (Lipinski definition) is 3. The Morgan fingerprint density at radius 1 is 0.947 bits per heavy atom. The van der Waals surface area contributed by atoms with Crippen molar-refractivity contribution in [1.29, 1.82) is 0 Å². The van der Waals surface area contributed by atoms with Gasteiger partial charge in [-0.25, -0.2) is 0 Å². The van der Waals surface area contributed by atoms with Crippen LogP contribution in [0.15, 0.2) is 54.6 Å². The molecule has 0 aliphatic heterocycles. The summed E-state index contributed by atoms with van der Waals surface area (Å²) >= 11 is 0. The number of aliphatic hydroxyl groups excluding tert-OH is 2. The minimum absolute atomic E-state index is 0.0204. The molecule has 0 unspecified atom stereocenters. The first-order valence-electron chi connectivity index (χ1n) is 6.35. The molecule has 3 nitrogen and oxygen atoms in total. The van der Waals surface area contributed by atoms with Crippen LogP contribution in [-0.4, -0.2) is 16.8 Å². The molecule has 1 atom stereocenters. The molecular weight excluding hydrogens is 240 g/mol. The molecule has 2 N–H and O–H groups in total. The summed E-state index contributed by atoms with van der Waals surface area (Å²) in [6.45, 7) is 0.507. The number of rotatable bonds is 6. The fourth-order valence-electron chi connectivity index (χ4n) is 1.82. The van der Waals surface area contributed by atoms with E-state index >= 15 is 0 Å². The lowest BCUT2D eigenvalue weighted by Crippen LogP contribution is -2.00. The van der Waals surface area contributed by atoms with Gasteiger partial charge in [-0.1, -0.05) is 42.5 Å². The standard InChI is InChI=1S/C16H18O3/c17-11-10-16(18)14-6-8-15(9-7-14)19-12-13-4-2-1-3-5-13/h1-9,16-18H,10-12H2/t16-/m0/s1. The third kappa shape index (κ3) is 4.09. The maximum Gasteiger partial charge on any atom is 0.119 e. The van der Waals surface area contributed by atoms with Crippen molar-refractivity contribution in [3.63, 3.8) is 0 Å². The van der Waals surface area contributed by atoms with Gasteiger partial charge in [-0.3, -0.25) is 0 Å². The molecule has 2 rings (SSSR count). The summed E-state index contributed by atoms with van der Waals surface area (Å²) < 4.78 is 5.66. The van der Waals surface area contributed by atoms with E-state index in [1.165, 1.54) is 0 Å². The third-order valence-corrected chi connectivity index (χ3v) is 2.92. The van der Waals surface area contributed by atoms with Gasteiger partial charge in [0, 0.05) is 13.0 Å². The highest BCUT2D eigenvalue weighted by molar-refractivity contribution is 5.29. The minimum Gasteiger partial charge on any atom is -0.489 e. The van der Waals surface area contributed by atoms with Gasteiger partial charge in [0.25, 0.3) is 0 Å². The monoisotopic (exact) mass is 258 g/mol. The first-order chi connectivity index (χ1) is 9.29. The second-order valence-electron chi connectivity index (χ2n) is 4.37. The zero-order valence-corrected chi connectivity index (χ0v) is 10.7. The highest BCUT2D eigenvalue weighted by Gasteiger charge is 2.06. The molecule has 0 heterocycles. The SMILES string of the molecule is OCC[C@H](O)c1ccc(OCc2ccccc2)cc1. The lowest BCUT2D eigenvalue weighted by molar-refractivity contribution is 0.134. The van der Waals surface area contributed by atoms with E-state index in [4.69, 9.17) is 9.84 Å². The van der Waals surface area contributed by atoms with Gasteiger partial charge < -0.3 is 14.9 Å². The smallest absolute Gasteiger partial charge is 0.119 e. The summed E-state index contributed by atoms with van der Waals surface area (Å²) in [6, 6.07) is 17.3. The normalized spacial score (nSPS) is 12.1. The Kier molecular flexibility index (Phi) is 4.95. The predicted octanol–water partition coefficient (Wildman–Crippen LogP) is 2.68. The molecular formula is C16H18O3. The number of ether oxygens (including phenoxy) is 1. The van der Waals surface area contributed by atoms with Crippen LogP contribution in [0.5, 0.6) is 5.75 Å². The van der Waals surface area contributed by atoms with Crippen molar-refractivity contribution in [3.05, 3.63) is 65.7 Å². The van der Waals surface area contributed by atoms with E-state index in [1.54, 1.807) is 0 Å². The lowest BCUT2D eigenvalue weighted by atomic mass is 10.1. The van der Waals surface area contributed by atoms with Crippen LogP contribution in [0.25, 0.3) is 0 Å². The lowest BCUT2D eigenvalue weighted by Gasteiger charge is -2.11. The Hall–Kier alpha value is -1.84. The maximum absolute atomic E-state index is 9.72. The zero-order chi connectivity index (χ0) is 13.5. The molecule has 0 saturated heterocycles. The molecule has 0 fully saturated rings. The Bertz CT molecular complexity index is 479. The predicted molar refractivity (Wildman–Crippen MR) is 73.9 cm³/mol. The van der Waals surface area contributed by atoms with Gasteiger partial charge in [-0.05, 0) is 23.3 Å². The van der Waals surface area contributed by atoms with Crippen molar-refractivity contribution in [3.8, 4) is 5.75 Å². The first-order valence-corrected chi connectivity index (χ1v) is 6.35. The zero-order valence-electron chi connectivity index (χ0n) is 10.7. The molecule has 0 spiro atoms. The molecule has 0 bridgehead atoms. The van der Waals surface area contributed by atoms with E-state index < -0.39 is 6.10 Å². The highest BCUT2D eigenvalue weighted by Crippen LogP contribution is 2.20. The molecule has 0 aliphatic rings. The van der Waals surface area contributed by atoms with Crippen molar-refractivity contribution >= 4 is 0 Å². The average Bonchev–Trinajstić information content (AvgIpc) is 2.47. The van der Waals surface area contributed by atoms with Gasteiger partial charge >= 0.3 is 0 Å². The van der Waals surface area contributed by atoms with E-state index in [0.717, 1.165) is 16.9 Å². The van der Waals surface area contributed by atoms with Crippen LogP contribution in [0.3, 0.4) is 0 Å². The summed E-state index contributed by atoms with van der Waals surface area (Å²) in [7, 11) is 0. The van der Waals surface area contributed by atoms with Gasteiger partial charge in [0.1, 0.15) is 12.4 Å². The van der Waals surface area contributed by atoms with Crippen LogP contribution < -0.4 is 4.74 Å². The number of hydrogen-bond donors (Lipinski definition) is 2. The quantitative estimate of drug-likeness (QED) is 0.837. The first kappa shape index (κ1) is 13.6. The maximum atomic E-state index is 9.72. The number of aliphatic hydroxyl groups is 2. The third-order valence-electron chi connectivity index (χ3n) is 2.92. The molecule has 100 valence electrons. The van der Waals surface area contributed by atoms with Crippen molar-refractivity contribution < 1.29 is 14.9 Å². The summed E-state index contributed by atoms with van der Waals surface area (Å²) in [5, 5.41) is 18.5. The molecule has 2 aromatic rings. The van der Waals surface area contributed by atoms with Crippen LogP contribution in [0.1, 0.15) is 23.7 Å². The van der Waals surface area contributed by atoms with E-state index in [9.17, 15) is 5.11 Å². The second kappa shape index (κ2) is 6.92. The van der Waals surface area contributed by atoms with Crippen LogP contribution in [0, 0.1) is 0 Å². The molecule has 0 aliphatic carbocycles. The molecule has 0 aromatic heterocycles. The Balaban J connectivity index is 1.92. The van der Waals surface area contributed by atoms with Crippen molar-refractivity contribution in [2.75, 3.05) is 6.61 Å². The fourth-order valence-corrected chi connectivity index (χ4v) is 1.82. The van der Waals surface area contributed by atoms with Gasteiger partial charge in [0.2, 0.25) is 0 Å². The topological polar surface area (TPSA) is 49.7 Å². The van der Waals surface area contributed by atoms with Gasteiger partial charge in [-0.2, -0.15) is 0 Å². The molecule has 19 heavy (non-hydrogen) atoms.